The molecule has 0 radical (unpaired) electrons. The fourth-order valence-electron chi connectivity index (χ4n) is 2.18. The average Bonchev–Trinajstić information content (AvgIpc) is 2.51. The van der Waals surface area contributed by atoms with Gasteiger partial charge in [-0.1, -0.05) is 39.3 Å². The van der Waals surface area contributed by atoms with Crippen molar-refractivity contribution >= 4 is 11.6 Å². The molecule has 0 fully saturated rings. The average molecular weight is 287 g/mol. The van der Waals surface area contributed by atoms with Gasteiger partial charge in [0.1, 0.15) is 6.07 Å². The van der Waals surface area contributed by atoms with Crippen LogP contribution in [0.4, 0.5) is 5.69 Å². The van der Waals surface area contributed by atoms with Crippen molar-refractivity contribution < 1.29 is 4.79 Å². The molecule has 21 heavy (non-hydrogen) atoms. The second-order valence-corrected chi connectivity index (χ2v) is 5.42. The number of nitrogens with zero attached hydrogens (tertiary/aromatic N) is 2. The number of amides is 1. The summed E-state index contributed by atoms with van der Waals surface area (Å²) in [6, 6.07) is 8.96. The summed E-state index contributed by atoms with van der Waals surface area (Å²) in [7, 11) is 0. The van der Waals surface area contributed by atoms with Gasteiger partial charge in [-0.25, -0.2) is 0 Å². The van der Waals surface area contributed by atoms with Crippen LogP contribution >= 0.6 is 0 Å². The fourth-order valence-corrected chi connectivity index (χ4v) is 2.18. The summed E-state index contributed by atoms with van der Waals surface area (Å²) in [6.07, 6.45) is 1.10. The molecule has 0 heterocycles. The van der Waals surface area contributed by atoms with Crippen molar-refractivity contribution in [2.75, 3.05) is 18.4 Å². The first-order chi connectivity index (χ1) is 10.0. The van der Waals surface area contributed by atoms with E-state index in [1.807, 2.05) is 13.0 Å². The molecule has 1 aromatic rings. The second-order valence-electron chi connectivity index (χ2n) is 5.42. The van der Waals surface area contributed by atoms with Crippen LogP contribution in [0.25, 0.3) is 0 Å². The predicted octanol–water partition coefficient (Wildman–Crippen LogP) is 3.25. The molecule has 4 nitrogen and oxygen atoms in total. The largest absolute Gasteiger partial charge is 0.324 e. The molecule has 1 rings (SSSR count). The number of hydrogen-bond acceptors (Lipinski definition) is 3. The van der Waals surface area contributed by atoms with E-state index in [1.54, 1.807) is 18.2 Å². The van der Waals surface area contributed by atoms with Crippen LogP contribution in [0, 0.1) is 17.2 Å². The van der Waals surface area contributed by atoms with Crippen molar-refractivity contribution in [1.29, 1.82) is 5.26 Å². The summed E-state index contributed by atoms with van der Waals surface area (Å²) in [5.41, 5.74) is 1.07. The molecule has 0 aliphatic rings. The number of para-hydroxylation sites is 1. The normalized spacial score (nSPS) is 13.5. The maximum atomic E-state index is 12.4. The van der Waals surface area contributed by atoms with E-state index in [0.717, 1.165) is 19.5 Å². The van der Waals surface area contributed by atoms with Gasteiger partial charge in [0.05, 0.1) is 17.3 Å². The zero-order valence-electron chi connectivity index (χ0n) is 13.4. The number of benzene rings is 1. The zero-order chi connectivity index (χ0) is 15.8. The lowest BCUT2D eigenvalue weighted by molar-refractivity contribution is -0.120. The monoisotopic (exact) mass is 287 g/mol. The molecule has 0 saturated heterocycles. The highest BCUT2D eigenvalue weighted by Gasteiger charge is 2.21. The number of likely N-dealkylation sites (N-methyl/N-ethyl adjacent to an activating group) is 1. The van der Waals surface area contributed by atoms with Gasteiger partial charge in [-0.15, -0.1) is 0 Å². The van der Waals surface area contributed by atoms with E-state index < -0.39 is 0 Å². The molecule has 4 heteroatoms. The van der Waals surface area contributed by atoms with Crippen LogP contribution in [0.15, 0.2) is 24.3 Å². The molecule has 1 aromatic carbocycles. The second kappa shape index (κ2) is 8.43. The fraction of sp³-hybridized carbons (Fsp3) is 0.529. The number of rotatable bonds is 7. The minimum absolute atomic E-state index is 0.0668. The molecular weight excluding hydrogens is 262 g/mol. The summed E-state index contributed by atoms with van der Waals surface area (Å²) >= 11 is 0. The third-order valence-electron chi connectivity index (χ3n) is 3.88. The first-order valence-corrected chi connectivity index (χ1v) is 7.57. The number of nitriles is 1. The van der Waals surface area contributed by atoms with Gasteiger partial charge in [-0.2, -0.15) is 5.26 Å². The number of carbonyl (C=O) groups is 1. The van der Waals surface area contributed by atoms with Gasteiger partial charge < -0.3 is 5.32 Å². The van der Waals surface area contributed by atoms with Crippen LogP contribution in [0.2, 0.25) is 0 Å². The van der Waals surface area contributed by atoms with E-state index >= 15 is 0 Å². The van der Waals surface area contributed by atoms with Gasteiger partial charge >= 0.3 is 0 Å². The minimum Gasteiger partial charge on any atom is -0.324 e. The van der Waals surface area contributed by atoms with Gasteiger partial charge in [-0.3, -0.25) is 9.69 Å². The molecule has 0 aromatic heterocycles. The van der Waals surface area contributed by atoms with Crippen LogP contribution in [-0.2, 0) is 4.79 Å². The van der Waals surface area contributed by atoms with Gasteiger partial charge in [0, 0.05) is 6.54 Å². The Bertz CT molecular complexity index is 507. The lowest BCUT2D eigenvalue weighted by Crippen LogP contribution is -2.44. The molecule has 2 atom stereocenters. The first kappa shape index (κ1) is 17.2. The Morgan fingerprint density at radius 2 is 2.00 bits per heavy atom. The number of nitrogens with one attached hydrogen (secondary N) is 1. The molecule has 1 amide bonds. The third-order valence-corrected chi connectivity index (χ3v) is 3.88. The van der Waals surface area contributed by atoms with Crippen LogP contribution < -0.4 is 5.32 Å². The third kappa shape index (κ3) is 4.87. The van der Waals surface area contributed by atoms with Crippen LogP contribution in [-0.4, -0.2) is 29.9 Å². The zero-order valence-corrected chi connectivity index (χ0v) is 13.4. The van der Waals surface area contributed by atoms with Gasteiger partial charge in [0.15, 0.2) is 0 Å². The summed E-state index contributed by atoms with van der Waals surface area (Å²) in [5.74, 6) is 0.495. The van der Waals surface area contributed by atoms with Crippen molar-refractivity contribution in [3.8, 4) is 6.07 Å². The van der Waals surface area contributed by atoms with Crippen LogP contribution in [0.1, 0.15) is 39.7 Å². The van der Waals surface area contributed by atoms with E-state index in [-0.39, 0.29) is 11.9 Å². The van der Waals surface area contributed by atoms with Gasteiger partial charge in [0.2, 0.25) is 5.91 Å². The van der Waals surface area contributed by atoms with E-state index in [9.17, 15) is 4.79 Å². The Balaban J connectivity index is 2.75. The lowest BCUT2D eigenvalue weighted by Gasteiger charge is -2.29. The number of anilines is 1. The summed E-state index contributed by atoms with van der Waals surface area (Å²) < 4.78 is 0. The Kier molecular flexibility index (Phi) is 6.90. The van der Waals surface area contributed by atoms with Crippen molar-refractivity contribution in [2.45, 2.75) is 40.2 Å². The molecule has 0 aliphatic carbocycles. The smallest absolute Gasteiger partial charge is 0.241 e. The molecule has 0 spiro atoms. The standard InChI is InChI=1S/C17H25N3O/c1-5-13(3)12-20(6-2)14(4)17(21)19-16-10-8-7-9-15(16)11-18/h7-10,13-14H,5-6,12H2,1-4H3,(H,19,21). The number of hydrogen-bond donors (Lipinski definition) is 1. The Labute approximate surface area is 127 Å². The summed E-state index contributed by atoms with van der Waals surface area (Å²) in [4.78, 5) is 14.6. The molecule has 0 bridgehead atoms. The first-order valence-electron chi connectivity index (χ1n) is 7.57. The summed E-state index contributed by atoms with van der Waals surface area (Å²) in [6.45, 7) is 10.1. The Hall–Kier alpha value is -1.86. The molecular formula is C17H25N3O. The van der Waals surface area contributed by atoms with Crippen molar-refractivity contribution in [3.63, 3.8) is 0 Å². The van der Waals surface area contributed by atoms with Crippen molar-refractivity contribution in [3.05, 3.63) is 29.8 Å². The molecule has 0 saturated carbocycles. The lowest BCUT2D eigenvalue weighted by atomic mass is 10.1. The van der Waals surface area contributed by atoms with E-state index in [4.69, 9.17) is 5.26 Å². The Morgan fingerprint density at radius 1 is 1.33 bits per heavy atom. The molecule has 1 N–H and O–H groups in total. The number of carbonyl (C=O) groups excluding carboxylic acids is 1. The maximum Gasteiger partial charge on any atom is 0.241 e. The highest BCUT2D eigenvalue weighted by molar-refractivity contribution is 5.95. The quantitative estimate of drug-likeness (QED) is 0.837. The Morgan fingerprint density at radius 3 is 2.57 bits per heavy atom. The molecule has 0 aliphatic heterocycles. The van der Waals surface area contributed by atoms with Crippen molar-refractivity contribution in [1.82, 2.24) is 4.90 Å². The molecule has 2 unspecified atom stereocenters. The maximum absolute atomic E-state index is 12.4. The predicted molar refractivity (Wildman–Crippen MR) is 86.0 cm³/mol. The van der Waals surface area contributed by atoms with E-state index in [2.05, 4.69) is 37.1 Å². The van der Waals surface area contributed by atoms with E-state index in [0.29, 0.717) is 17.2 Å². The van der Waals surface area contributed by atoms with Gasteiger partial charge in [0.25, 0.3) is 0 Å². The topological polar surface area (TPSA) is 56.1 Å². The minimum atomic E-state index is -0.212. The SMILES string of the molecule is CCC(C)CN(CC)C(C)C(=O)Nc1ccccc1C#N. The van der Waals surface area contributed by atoms with Crippen molar-refractivity contribution in [2.24, 2.45) is 5.92 Å². The van der Waals surface area contributed by atoms with Crippen LogP contribution in [0.3, 0.4) is 0 Å². The van der Waals surface area contributed by atoms with E-state index in [1.165, 1.54) is 0 Å². The van der Waals surface area contributed by atoms with Crippen LogP contribution in [0.5, 0.6) is 0 Å². The summed E-state index contributed by atoms with van der Waals surface area (Å²) in [5, 5.41) is 11.9. The highest BCUT2D eigenvalue weighted by atomic mass is 16.2. The highest BCUT2D eigenvalue weighted by Crippen LogP contribution is 2.15. The molecule has 114 valence electrons. The van der Waals surface area contributed by atoms with Gasteiger partial charge in [-0.05, 0) is 31.5 Å².